The molecule has 4 aromatic rings. The summed E-state index contributed by atoms with van der Waals surface area (Å²) in [7, 11) is 1.67. The van der Waals surface area contributed by atoms with Crippen molar-refractivity contribution in [1.82, 2.24) is 9.55 Å². The lowest BCUT2D eigenvalue weighted by atomic mass is 10.1. The van der Waals surface area contributed by atoms with Crippen molar-refractivity contribution < 1.29 is 14.3 Å². The van der Waals surface area contributed by atoms with Crippen LogP contribution >= 0.6 is 23.1 Å². The molecule has 2 aromatic heterocycles. The van der Waals surface area contributed by atoms with Crippen molar-refractivity contribution in [3.63, 3.8) is 0 Å². The molecule has 0 aliphatic carbocycles. The standard InChI is InChI=1S/C23H17N3O4S2/c1-26-22(29)20-15(13-5-3-2-4-6-13)11-31-21(20)25-23(26)32-12-17(27)14-7-8-18-16(9-14)24-19(28)10-30-18/h2-9,11H,10,12H2,1H3,(H,24,28). The highest BCUT2D eigenvalue weighted by Crippen LogP contribution is 2.32. The van der Waals surface area contributed by atoms with E-state index in [1.165, 1.54) is 27.7 Å². The van der Waals surface area contributed by atoms with E-state index in [0.717, 1.165) is 11.1 Å². The van der Waals surface area contributed by atoms with Crippen LogP contribution in [-0.2, 0) is 11.8 Å². The normalized spacial score (nSPS) is 12.8. The number of amides is 1. The minimum atomic E-state index is -0.255. The predicted molar refractivity (Wildman–Crippen MR) is 126 cm³/mol. The van der Waals surface area contributed by atoms with Crippen LogP contribution in [0.4, 0.5) is 5.69 Å². The molecule has 0 spiro atoms. The van der Waals surface area contributed by atoms with E-state index in [9.17, 15) is 14.4 Å². The van der Waals surface area contributed by atoms with Gasteiger partial charge in [-0.3, -0.25) is 19.0 Å². The van der Waals surface area contributed by atoms with Crippen molar-refractivity contribution in [2.24, 2.45) is 7.05 Å². The Morgan fingerprint density at radius 2 is 2.03 bits per heavy atom. The Kier molecular flexibility index (Phi) is 5.28. The number of hydrogen-bond acceptors (Lipinski definition) is 7. The summed E-state index contributed by atoms with van der Waals surface area (Å²) in [6, 6.07) is 14.7. The van der Waals surface area contributed by atoms with Crippen LogP contribution in [-0.4, -0.2) is 33.6 Å². The molecular formula is C23H17N3O4S2. The molecule has 3 heterocycles. The molecule has 0 saturated heterocycles. The lowest BCUT2D eigenvalue weighted by Crippen LogP contribution is -2.25. The summed E-state index contributed by atoms with van der Waals surface area (Å²) < 4.78 is 6.81. The fourth-order valence-electron chi connectivity index (χ4n) is 3.48. The van der Waals surface area contributed by atoms with Crippen LogP contribution in [0.1, 0.15) is 10.4 Å². The minimum Gasteiger partial charge on any atom is -0.482 e. The topological polar surface area (TPSA) is 90.3 Å². The molecule has 0 radical (unpaired) electrons. The highest BCUT2D eigenvalue weighted by molar-refractivity contribution is 7.99. The molecule has 5 rings (SSSR count). The summed E-state index contributed by atoms with van der Waals surface area (Å²) in [5.41, 5.74) is 2.63. The molecule has 0 fully saturated rings. The molecule has 1 aliphatic heterocycles. The number of ether oxygens (including phenoxy) is 1. The van der Waals surface area contributed by atoms with E-state index >= 15 is 0 Å². The molecule has 0 saturated carbocycles. The van der Waals surface area contributed by atoms with Crippen molar-refractivity contribution >= 4 is 50.7 Å². The molecule has 0 atom stereocenters. The van der Waals surface area contributed by atoms with Crippen molar-refractivity contribution in [3.05, 3.63) is 69.8 Å². The lowest BCUT2D eigenvalue weighted by molar-refractivity contribution is -0.118. The Labute approximate surface area is 191 Å². The van der Waals surface area contributed by atoms with E-state index in [-0.39, 0.29) is 29.6 Å². The molecular weight excluding hydrogens is 446 g/mol. The van der Waals surface area contributed by atoms with Gasteiger partial charge in [-0.05, 0) is 23.8 Å². The summed E-state index contributed by atoms with van der Waals surface area (Å²) in [6.45, 7) is -0.0347. The molecule has 160 valence electrons. The maximum absolute atomic E-state index is 13.1. The Balaban J connectivity index is 1.40. The molecule has 9 heteroatoms. The van der Waals surface area contributed by atoms with Crippen molar-refractivity contribution in [2.45, 2.75) is 5.16 Å². The quantitative estimate of drug-likeness (QED) is 0.274. The third-order valence-corrected chi connectivity index (χ3v) is 7.03. The molecule has 1 N–H and O–H groups in total. The number of Topliss-reactive ketones (excluding diaryl/α,β-unsaturated/α-hetero) is 1. The van der Waals surface area contributed by atoms with Gasteiger partial charge in [0.1, 0.15) is 10.6 Å². The van der Waals surface area contributed by atoms with E-state index < -0.39 is 0 Å². The van der Waals surface area contributed by atoms with Gasteiger partial charge < -0.3 is 10.1 Å². The number of thiophene rings is 1. The average molecular weight is 464 g/mol. The van der Waals surface area contributed by atoms with E-state index in [1.54, 1.807) is 25.2 Å². The smallest absolute Gasteiger partial charge is 0.263 e. The predicted octanol–water partition coefficient (Wildman–Crippen LogP) is 3.97. The lowest BCUT2D eigenvalue weighted by Gasteiger charge is -2.18. The molecule has 1 amide bonds. The van der Waals surface area contributed by atoms with Crippen LogP contribution in [0.2, 0.25) is 0 Å². The van der Waals surface area contributed by atoms with E-state index in [1.807, 2.05) is 35.7 Å². The Morgan fingerprint density at radius 3 is 2.84 bits per heavy atom. The highest BCUT2D eigenvalue weighted by atomic mass is 32.2. The van der Waals surface area contributed by atoms with Crippen LogP contribution in [0, 0.1) is 0 Å². The fraction of sp³-hybridized carbons (Fsp3) is 0.130. The molecule has 2 aromatic carbocycles. The number of ketones is 1. The maximum atomic E-state index is 13.1. The van der Waals surface area contributed by atoms with Gasteiger partial charge in [0.15, 0.2) is 17.5 Å². The second kappa shape index (κ2) is 8.25. The molecule has 1 aliphatic rings. The number of fused-ring (bicyclic) bond motifs is 2. The van der Waals surface area contributed by atoms with Crippen molar-refractivity contribution in [2.75, 3.05) is 17.7 Å². The zero-order valence-corrected chi connectivity index (χ0v) is 18.6. The number of carbonyl (C=O) groups excluding carboxylic acids is 2. The van der Waals surface area contributed by atoms with E-state index in [0.29, 0.717) is 32.4 Å². The molecule has 32 heavy (non-hydrogen) atoms. The Bertz CT molecular complexity index is 1430. The van der Waals surface area contributed by atoms with E-state index in [4.69, 9.17) is 4.74 Å². The first-order valence-corrected chi connectivity index (χ1v) is 11.6. The van der Waals surface area contributed by atoms with Crippen LogP contribution in [0.15, 0.2) is 63.9 Å². The average Bonchev–Trinajstić information content (AvgIpc) is 3.24. The van der Waals surface area contributed by atoms with E-state index in [2.05, 4.69) is 10.3 Å². The molecule has 0 unspecified atom stereocenters. The monoisotopic (exact) mass is 463 g/mol. The molecule has 0 bridgehead atoms. The number of hydrogen-bond donors (Lipinski definition) is 1. The summed E-state index contributed by atoms with van der Waals surface area (Å²) in [5.74, 6) is 0.254. The van der Waals surface area contributed by atoms with Crippen LogP contribution in [0.25, 0.3) is 21.3 Å². The number of anilines is 1. The first-order chi connectivity index (χ1) is 15.5. The number of benzene rings is 2. The van der Waals surface area contributed by atoms with Gasteiger partial charge in [0.2, 0.25) is 0 Å². The second-order valence-electron chi connectivity index (χ2n) is 7.21. The van der Waals surface area contributed by atoms with Gasteiger partial charge in [-0.25, -0.2) is 4.98 Å². The van der Waals surface area contributed by atoms with Gasteiger partial charge in [0.05, 0.1) is 16.8 Å². The van der Waals surface area contributed by atoms with Gasteiger partial charge in [-0.2, -0.15) is 0 Å². The van der Waals surface area contributed by atoms with Gasteiger partial charge in [-0.1, -0.05) is 42.1 Å². The summed E-state index contributed by atoms with van der Waals surface area (Å²) in [5, 5.41) is 5.71. The van der Waals surface area contributed by atoms with Crippen LogP contribution in [0.3, 0.4) is 0 Å². The number of thioether (sulfide) groups is 1. The maximum Gasteiger partial charge on any atom is 0.263 e. The zero-order valence-electron chi connectivity index (χ0n) is 17.0. The number of nitrogens with one attached hydrogen (secondary N) is 1. The Morgan fingerprint density at radius 1 is 1.22 bits per heavy atom. The first-order valence-electron chi connectivity index (χ1n) is 9.77. The third kappa shape index (κ3) is 3.69. The SMILES string of the molecule is Cn1c(SCC(=O)c2ccc3c(c2)NC(=O)CO3)nc2scc(-c3ccccc3)c2c1=O. The zero-order chi connectivity index (χ0) is 22.2. The van der Waals surface area contributed by atoms with Crippen molar-refractivity contribution in [1.29, 1.82) is 0 Å². The first kappa shape index (κ1) is 20.5. The number of carbonyl (C=O) groups is 2. The van der Waals surface area contributed by atoms with Crippen molar-refractivity contribution in [3.8, 4) is 16.9 Å². The van der Waals surface area contributed by atoms with Gasteiger partial charge in [0, 0.05) is 23.6 Å². The summed E-state index contributed by atoms with van der Waals surface area (Å²) in [6.07, 6.45) is 0. The third-order valence-electron chi connectivity index (χ3n) is 5.13. The van der Waals surface area contributed by atoms with Crippen LogP contribution in [0.5, 0.6) is 5.75 Å². The second-order valence-corrected chi connectivity index (χ2v) is 9.01. The van der Waals surface area contributed by atoms with Gasteiger partial charge in [-0.15, -0.1) is 11.3 Å². The number of rotatable bonds is 5. The fourth-order valence-corrected chi connectivity index (χ4v) is 5.34. The largest absolute Gasteiger partial charge is 0.482 e. The van der Waals surface area contributed by atoms with Gasteiger partial charge in [0.25, 0.3) is 11.5 Å². The Hall–Kier alpha value is -3.43. The minimum absolute atomic E-state index is 0.0347. The van der Waals surface area contributed by atoms with Gasteiger partial charge >= 0.3 is 0 Å². The highest BCUT2D eigenvalue weighted by Gasteiger charge is 2.19. The summed E-state index contributed by atoms with van der Waals surface area (Å²) >= 11 is 2.63. The summed E-state index contributed by atoms with van der Waals surface area (Å²) in [4.78, 5) is 42.6. The molecule has 7 nitrogen and oxygen atoms in total. The number of aromatic nitrogens is 2. The number of nitrogens with zero attached hydrogens (tertiary/aromatic N) is 2. The van der Waals surface area contributed by atoms with Crippen LogP contribution < -0.4 is 15.6 Å².